The molecule has 32 heavy (non-hydrogen) atoms. The quantitative estimate of drug-likeness (QED) is 0.559. The average Bonchev–Trinajstić information content (AvgIpc) is 3.27. The highest BCUT2D eigenvalue weighted by atomic mass is 32.2. The third kappa shape index (κ3) is 5.65. The van der Waals surface area contributed by atoms with Gasteiger partial charge in [0.25, 0.3) is 15.9 Å². The number of carbonyl (C=O) groups excluding carboxylic acids is 1. The summed E-state index contributed by atoms with van der Waals surface area (Å²) in [6.45, 7) is 0.745. The number of nitrogens with zero attached hydrogens (tertiary/aromatic N) is 1. The molecular formula is C26H26N2O3S. The molecule has 1 heterocycles. The largest absolute Gasteiger partial charge is 0.335 e. The average molecular weight is 447 g/mol. The molecule has 0 aliphatic carbocycles. The minimum atomic E-state index is -3.65. The maximum atomic E-state index is 13.1. The van der Waals surface area contributed by atoms with Crippen LogP contribution in [0.25, 0.3) is 6.08 Å². The zero-order valence-electron chi connectivity index (χ0n) is 17.7. The molecule has 1 fully saturated rings. The van der Waals surface area contributed by atoms with Crippen LogP contribution in [-0.2, 0) is 16.4 Å². The highest BCUT2D eigenvalue weighted by Crippen LogP contribution is 2.24. The molecule has 1 aliphatic heterocycles. The topological polar surface area (TPSA) is 66.5 Å². The van der Waals surface area contributed by atoms with Gasteiger partial charge in [-0.1, -0.05) is 60.7 Å². The lowest BCUT2D eigenvalue weighted by molar-refractivity contribution is 0.0736. The van der Waals surface area contributed by atoms with Crippen molar-refractivity contribution in [1.29, 1.82) is 0 Å². The Labute approximate surface area is 189 Å². The van der Waals surface area contributed by atoms with Crippen molar-refractivity contribution in [3.8, 4) is 0 Å². The van der Waals surface area contributed by atoms with Crippen molar-refractivity contribution in [2.24, 2.45) is 0 Å². The van der Waals surface area contributed by atoms with Crippen LogP contribution in [0.2, 0.25) is 0 Å². The molecule has 0 radical (unpaired) electrons. The van der Waals surface area contributed by atoms with Crippen LogP contribution in [0.15, 0.2) is 90.3 Å². The first-order valence-electron chi connectivity index (χ1n) is 10.7. The van der Waals surface area contributed by atoms with Crippen molar-refractivity contribution in [3.63, 3.8) is 0 Å². The Morgan fingerprint density at radius 2 is 1.59 bits per heavy atom. The van der Waals surface area contributed by atoms with E-state index in [1.165, 1.54) is 5.56 Å². The molecule has 1 amide bonds. The molecule has 0 saturated carbocycles. The van der Waals surface area contributed by atoms with Gasteiger partial charge in [0.1, 0.15) is 0 Å². The number of carbonyl (C=O) groups is 1. The number of likely N-dealkylation sites (tertiary alicyclic amines) is 1. The molecule has 1 aliphatic rings. The summed E-state index contributed by atoms with van der Waals surface area (Å²) in [5.41, 5.74) is 3.01. The predicted molar refractivity (Wildman–Crippen MR) is 129 cm³/mol. The molecule has 0 spiro atoms. The van der Waals surface area contributed by atoms with Crippen LogP contribution in [0.3, 0.4) is 0 Å². The normalized spacial score (nSPS) is 16.4. The summed E-state index contributed by atoms with van der Waals surface area (Å²) in [6, 6.07) is 26.2. The van der Waals surface area contributed by atoms with E-state index < -0.39 is 10.0 Å². The summed E-state index contributed by atoms with van der Waals surface area (Å²) < 4.78 is 27.2. The van der Waals surface area contributed by atoms with E-state index in [0.717, 1.165) is 36.8 Å². The third-order valence-corrected chi connectivity index (χ3v) is 6.60. The van der Waals surface area contributed by atoms with Crippen LogP contribution in [0.4, 0.5) is 5.69 Å². The Morgan fingerprint density at radius 1 is 0.938 bits per heavy atom. The van der Waals surface area contributed by atoms with Crippen LogP contribution < -0.4 is 4.72 Å². The van der Waals surface area contributed by atoms with Gasteiger partial charge in [-0.3, -0.25) is 9.52 Å². The molecular weight excluding hydrogens is 420 g/mol. The van der Waals surface area contributed by atoms with E-state index in [1.807, 2.05) is 53.4 Å². The van der Waals surface area contributed by atoms with Crippen molar-refractivity contribution in [2.45, 2.75) is 25.3 Å². The second-order valence-corrected chi connectivity index (χ2v) is 9.49. The van der Waals surface area contributed by atoms with E-state index >= 15 is 0 Å². The molecule has 4 rings (SSSR count). The molecule has 6 heteroatoms. The Balaban J connectivity index is 1.40. The Kier molecular flexibility index (Phi) is 6.71. The van der Waals surface area contributed by atoms with Crippen LogP contribution in [0.1, 0.15) is 34.3 Å². The van der Waals surface area contributed by atoms with Crippen molar-refractivity contribution in [3.05, 3.63) is 107 Å². The summed E-state index contributed by atoms with van der Waals surface area (Å²) in [7, 11) is -3.65. The number of anilines is 1. The number of rotatable bonds is 7. The Morgan fingerprint density at radius 3 is 2.28 bits per heavy atom. The van der Waals surface area contributed by atoms with E-state index in [2.05, 4.69) is 16.9 Å². The van der Waals surface area contributed by atoms with Crippen molar-refractivity contribution in [2.75, 3.05) is 11.3 Å². The maximum absolute atomic E-state index is 13.1. The molecule has 0 aromatic heterocycles. The van der Waals surface area contributed by atoms with E-state index in [1.54, 1.807) is 30.3 Å². The van der Waals surface area contributed by atoms with Crippen LogP contribution in [0, 0.1) is 0 Å². The lowest BCUT2D eigenvalue weighted by Gasteiger charge is -2.25. The van der Waals surface area contributed by atoms with E-state index in [-0.39, 0.29) is 11.9 Å². The van der Waals surface area contributed by atoms with Gasteiger partial charge in [0.15, 0.2) is 0 Å². The summed E-state index contributed by atoms with van der Waals surface area (Å²) in [5.74, 6) is -0.0122. The standard InChI is InChI=1S/C26H26N2O3S/c29-26(28-18-7-12-25(28)20-22-10-5-2-6-11-22)23-13-15-24(16-14-23)27-32(30,31)19-17-21-8-3-1-4-9-21/h1-6,8-11,13-17,19,25,27H,7,12,18,20H2/b19-17+. The second kappa shape index (κ2) is 9.83. The number of sulfonamides is 1. The van der Waals surface area contributed by atoms with Gasteiger partial charge in [0.2, 0.25) is 0 Å². The fraction of sp³-hybridized carbons (Fsp3) is 0.192. The fourth-order valence-electron chi connectivity index (χ4n) is 3.98. The number of amides is 1. The molecule has 3 aromatic carbocycles. The number of hydrogen-bond donors (Lipinski definition) is 1. The smallest absolute Gasteiger partial charge is 0.255 e. The number of benzene rings is 3. The van der Waals surface area contributed by atoms with Gasteiger partial charge < -0.3 is 4.90 Å². The van der Waals surface area contributed by atoms with Crippen molar-refractivity contribution >= 4 is 27.7 Å². The lowest BCUT2D eigenvalue weighted by atomic mass is 10.0. The van der Waals surface area contributed by atoms with E-state index in [9.17, 15) is 13.2 Å². The Bertz CT molecular complexity index is 1170. The minimum Gasteiger partial charge on any atom is -0.335 e. The zero-order chi connectivity index (χ0) is 22.4. The zero-order valence-corrected chi connectivity index (χ0v) is 18.5. The summed E-state index contributed by atoms with van der Waals surface area (Å²) in [5, 5.41) is 1.14. The molecule has 1 N–H and O–H groups in total. The highest BCUT2D eigenvalue weighted by molar-refractivity contribution is 7.95. The Hall–Kier alpha value is -3.38. The molecule has 1 saturated heterocycles. The molecule has 5 nitrogen and oxygen atoms in total. The summed E-state index contributed by atoms with van der Waals surface area (Å²) in [6.07, 6.45) is 4.37. The first kappa shape index (κ1) is 21.8. The van der Waals surface area contributed by atoms with Gasteiger partial charge in [0.05, 0.1) is 5.41 Å². The van der Waals surface area contributed by atoms with Gasteiger partial charge in [-0.2, -0.15) is 0 Å². The van der Waals surface area contributed by atoms with Gasteiger partial charge in [-0.15, -0.1) is 0 Å². The third-order valence-electron chi connectivity index (χ3n) is 5.58. The fourth-order valence-corrected chi connectivity index (χ4v) is 4.85. The minimum absolute atomic E-state index is 0.0122. The van der Waals surface area contributed by atoms with E-state index in [0.29, 0.717) is 11.3 Å². The van der Waals surface area contributed by atoms with Crippen molar-refractivity contribution in [1.82, 2.24) is 4.90 Å². The maximum Gasteiger partial charge on any atom is 0.255 e. The van der Waals surface area contributed by atoms with Crippen LogP contribution in [-0.4, -0.2) is 31.8 Å². The van der Waals surface area contributed by atoms with Gasteiger partial charge in [-0.05, 0) is 60.7 Å². The summed E-state index contributed by atoms with van der Waals surface area (Å²) >= 11 is 0. The van der Waals surface area contributed by atoms with Gasteiger partial charge >= 0.3 is 0 Å². The molecule has 1 unspecified atom stereocenters. The van der Waals surface area contributed by atoms with E-state index in [4.69, 9.17) is 0 Å². The van der Waals surface area contributed by atoms with Crippen LogP contribution >= 0.6 is 0 Å². The number of nitrogens with one attached hydrogen (secondary N) is 1. The van der Waals surface area contributed by atoms with Gasteiger partial charge in [0, 0.05) is 23.8 Å². The molecule has 164 valence electrons. The SMILES string of the molecule is O=C(c1ccc(NS(=O)(=O)/C=C/c2ccccc2)cc1)N1CCCC1Cc1ccccc1. The lowest BCUT2D eigenvalue weighted by Crippen LogP contribution is -2.36. The van der Waals surface area contributed by atoms with Crippen molar-refractivity contribution < 1.29 is 13.2 Å². The molecule has 3 aromatic rings. The number of hydrogen-bond acceptors (Lipinski definition) is 3. The molecule has 0 bridgehead atoms. The second-order valence-electron chi connectivity index (χ2n) is 7.92. The van der Waals surface area contributed by atoms with Crippen LogP contribution in [0.5, 0.6) is 0 Å². The predicted octanol–water partition coefficient (Wildman–Crippen LogP) is 4.95. The first-order valence-corrected chi connectivity index (χ1v) is 12.3. The van der Waals surface area contributed by atoms with Gasteiger partial charge in [-0.25, -0.2) is 8.42 Å². The highest BCUT2D eigenvalue weighted by Gasteiger charge is 2.29. The monoisotopic (exact) mass is 446 g/mol. The first-order chi connectivity index (χ1) is 15.5. The molecule has 1 atom stereocenters. The summed E-state index contributed by atoms with van der Waals surface area (Å²) in [4.78, 5) is 15.0.